The number of ether oxygens (including phenoxy) is 1. The number of amides is 1. The molecule has 1 aromatic rings. The molecule has 1 fully saturated rings. The highest BCUT2D eigenvalue weighted by molar-refractivity contribution is 7.80. The van der Waals surface area contributed by atoms with Crippen molar-refractivity contribution in [3.8, 4) is 0 Å². The minimum Gasteiger partial charge on any atom is -0.384 e. The zero-order valence-corrected chi connectivity index (χ0v) is 11.6. The number of carbonyl (C=O) groups excluding carboxylic acids is 1. The van der Waals surface area contributed by atoms with E-state index in [1.807, 2.05) is 16.3 Å². The highest BCUT2D eigenvalue weighted by Crippen LogP contribution is 2.23. The van der Waals surface area contributed by atoms with E-state index in [-0.39, 0.29) is 5.91 Å². The first-order chi connectivity index (χ1) is 8.20. The lowest BCUT2D eigenvalue weighted by atomic mass is 9.99. The summed E-state index contributed by atoms with van der Waals surface area (Å²) in [4.78, 5) is 15.8. The number of thiol groups is 1. The molecule has 2 rings (SSSR count). The van der Waals surface area contributed by atoms with Crippen LogP contribution in [0.4, 0.5) is 0 Å². The molecule has 1 amide bonds. The van der Waals surface area contributed by atoms with Crippen LogP contribution in [0.3, 0.4) is 0 Å². The van der Waals surface area contributed by atoms with Crippen LogP contribution in [0.2, 0.25) is 0 Å². The molecule has 1 aliphatic rings. The Morgan fingerprint density at radius 1 is 1.71 bits per heavy atom. The average Bonchev–Trinajstić information content (AvgIpc) is 2.76. The Morgan fingerprint density at radius 2 is 2.53 bits per heavy atom. The van der Waals surface area contributed by atoms with Crippen LogP contribution in [0.25, 0.3) is 0 Å². The molecule has 1 unspecified atom stereocenters. The summed E-state index contributed by atoms with van der Waals surface area (Å²) < 4.78 is 5.17. The number of carbonyl (C=O) groups is 1. The molecular formula is C12H17NO2S2. The molecule has 0 aliphatic carbocycles. The molecule has 1 atom stereocenters. The van der Waals surface area contributed by atoms with Crippen molar-refractivity contribution in [1.29, 1.82) is 0 Å². The largest absolute Gasteiger partial charge is 0.384 e. The second-order valence-electron chi connectivity index (χ2n) is 4.38. The number of hydrogen-bond acceptors (Lipinski definition) is 4. The van der Waals surface area contributed by atoms with E-state index < -0.39 is 0 Å². The summed E-state index contributed by atoms with van der Waals surface area (Å²) in [5.41, 5.74) is 0. The molecule has 0 saturated carbocycles. The third kappa shape index (κ3) is 3.24. The average molecular weight is 271 g/mol. The predicted octanol–water partition coefficient (Wildman–Crippen LogP) is 2.54. The molecule has 1 saturated heterocycles. The first kappa shape index (κ1) is 12.9. The van der Waals surface area contributed by atoms with Crippen LogP contribution in [0.1, 0.15) is 22.5 Å². The van der Waals surface area contributed by atoms with Gasteiger partial charge in [-0.05, 0) is 24.8 Å². The third-order valence-corrected chi connectivity index (χ3v) is 4.36. The number of rotatable bonds is 3. The number of piperidine rings is 1. The van der Waals surface area contributed by atoms with Crippen LogP contribution in [0, 0.1) is 5.92 Å². The summed E-state index contributed by atoms with van der Waals surface area (Å²) in [6, 6.07) is 1.84. The number of hydrogen-bond donors (Lipinski definition) is 1. The van der Waals surface area contributed by atoms with Gasteiger partial charge in [0.05, 0.1) is 11.5 Å². The third-order valence-electron chi connectivity index (χ3n) is 3.00. The van der Waals surface area contributed by atoms with Crippen LogP contribution < -0.4 is 0 Å². The van der Waals surface area contributed by atoms with E-state index in [2.05, 4.69) is 12.6 Å². The first-order valence-corrected chi connectivity index (χ1v) is 7.09. The molecule has 0 N–H and O–H groups in total. The molecule has 0 aromatic carbocycles. The second kappa shape index (κ2) is 5.89. The van der Waals surface area contributed by atoms with E-state index in [1.54, 1.807) is 7.11 Å². The van der Waals surface area contributed by atoms with Gasteiger partial charge in [-0.15, -0.1) is 24.0 Å². The summed E-state index contributed by atoms with van der Waals surface area (Å²) in [6.07, 6.45) is 2.22. The van der Waals surface area contributed by atoms with Crippen molar-refractivity contribution < 1.29 is 9.53 Å². The van der Waals surface area contributed by atoms with Gasteiger partial charge in [0.2, 0.25) is 0 Å². The van der Waals surface area contributed by atoms with E-state index >= 15 is 0 Å². The molecule has 17 heavy (non-hydrogen) atoms. The summed E-state index contributed by atoms with van der Waals surface area (Å²) in [5.74, 6) is 0.615. The molecule has 2 heterocycles. The Bertz CT molecular complexity index is 390. The Balaban J connectivity index is 1.99. The minimum atomic E-state index is 0.135. The quantitative estimate of drug-likeness (QED) is 0.856. The van der Waals surface area contributed by atoms with Gasteiger partial charge in [0.15, 0.2) is 0 Å². The Kier molecular flexibility index (Phi) is 4.48. The van der Waals surface area contributed by atoms with Crippen LogP contribution in [0.15, 0.2) is 16.3 Å². The normalized spacial score (nSPS) is 20.6. The van der Waals surface area contributed by atoms with E-state index in [0.29, 0.717) is 5.92 Å². The van der Waals surface area contributed by atoms with Crippen molar-refractivity contribution in [2.45, 2.75) is 17.7 Å². The monoisotopic (exact) mass is 271 g/mol. The lowest BCUT2D eigenvalue weighted by Gasteiger charge is -2.32. The first-order valence-electron chi connectivity index (χ1n) is 5.76. The van der Waals surface area contributed by atoms with Crippen molar-refractivity contribution in [1.82, 2.24) is 4.90 Å². The topological polar surface area (TPSA) is 29.5 Å². The second-order valence-corrected chi connectivity index (χ2v) is 5.81. The Labute approximate surface area is 111 Å². The number of methoxy groups -OCH3 is 1. The zero-order valence-electron chi connectivity index (χ0n) is 9.89. The van der Waals surface area contributed by atoms with Crippen molar-refractivity contribution in [2.75, 3.05) is 26.8 Å². The summed E-state index contributed by atoms with van der Waals surface area (Å²) in [6.45, 7) is 2.41. The van der Waals surface area contributed by atoms with Crippen molar-refractivity contribution in [2.24, 2.45) is 5.92 Å². The van der Waals surface area contributed by atoms with Gasteiger partial charge in [-0.2, -0.15) is 0 Å². The molecule has 94 valence electrons. The maximum Gasteiger partial charge on any atom is 0.263 e. The maximum absolute atomic E-state index is 12.2. The van der Waals surface area contributed by atoms with Crippen molar-refractivity contribution in [3.05, 3.63) is 16.3 Å². The summed E-state index contributed by atoms with van der Waals surface area (Å²) >= 11 is 5.70. The van der Waals surface area contributed by atoms with Crippen molar-refractivity contribution in [3.63, 3.8) is 0 Å². The molecule has 1 aromatic heterocycles. The SMILES string of the molecule is COCC1CCCN(C(=O)c2cc(S)cs2)C1. The lowest BCUT2D eigenvalue weighted by Crippen LogP contribution is -2.40. The fourth-order valence-corrected chi connectivity index (χ4v) is 3.33. The van der Waals surface area contributed by atoms with Gasteiger partial charge in [0.1, 0.15) is 0 Å². The smallest absolute Gasteiger partial charge is 0.263 e. The Morgan fingerprint density at radius 3 is 3.18 bits per heavy atom. The van der Waals surface area contributed by atoms with E-state index in [4.69, 9.17) is 4.74 Å². The number of likely N-dealkylation sites (tertiary alicyclic amines) is 1. The van der Waals surface area contributed by atoms with Crippen molar-refractivity contribution >= 4 is 29.9 Å². The minimum absolute atomic E-state index is 0.135. The zero-order chi connectivity index (χ0) is 12.3. The Hall–Kier alpha value is -0.520. The maximum atomic E-state index is 12.2. The van der Waals surface area contributed by atoms with Gasteiger partial charge in [0, 0.05) is 30.5 Å². The van der Waals surface area contributed by atoms with Crippen LogP contribution in [-0.4, -0.2) is 37.6 Å². The van der Waals surface area contributed by atoms with E-state index in [0.717, 1.165) is 42.3 Å². The summed E-state index contributed by atoms with van der Waals surface area (Å²) in [5, 5.41) is 1.90. The van der Waals surface area contributed by atoms with Crippen LogP contribution in [-0.2, 0) is 4.74 Å². The van der Waals surface area contributed by atoms with Gasteiger partial charge in [0.25, 0.3) is 5.91 Å². The van der Waals surface area contributed by atoms with Gasteiger partial charge < -0.3 is 9.64 Å². The van der Waals surface area contributed by atoms with E-state index in [1.165, 1.54) is 11.3 Å². The van der Waals surface area contributed by atoms with Gasteiger partial charge in [-0.1, -0.05) is 0 Å². The number of nitrogens with zero attached hydrogens (tertiary/aromatic N) is 1. The fourth-order valence-electron chi connectivity index (χ4n) is 2.22. The predicted molar refractivity (Wildman–Crippen MR) is 72.1 cm³/mol. The van der Waals surface area contributed by atoms with Crippen LogP contribution in [0.5, 0.6) is 0 Å². The van der Waals surface area contributed by atoms with Gasteiger partial charge in [-0.25, -0.2) is 0 Å². The molecule has 3 nitrogen and oxygen atoms in total. The highest BCUT2D eigenvalue weighted by atomic mass is 32.1. The van der Waals surface area contributed by atoms with Crippen LogP contribution >= 0.6 is 24.0 Å². The van der Waals surface area contributed by atoms with E-state index in [9.17, 15) is 4.79 Å². The molecular weight excluding hydrogens is 254 g/mol. The molecule has 5 heteroatoms. The molecule has 0 radical (unpaired) electrons. The molecule has 0 bridgehead atoms. The molecule has 0 spiro atoms. The van der Waals surface area contributed by atoms with Gasteiger partial charge in [-0.3, -0.25) is 4.79 Å². The molecule has 1 aliphatic heterocycles. The summed E-state index contributed by atoms with van der Waals surface area (Å²) in [7, 11) is 1.72. The standard InChI is InChI=1S/C12H17NO2S2/c1-15-7-9-3-2-4-13(6-9)12(14)11-5-10(16)8-17-11/h5,8-9,16H,2-4,6-7H2,1H3. The number of thiophene rings is 1. The highest BCUT2D eigenvalue weighted by Gasteiger charge is 2.25. The fraction of sp³-hybridized carbons (Fsp3) is 0.583. The van der Waals surface area contributed by atoms with Gasteiger partial charge >= 0.3 is 0 Å². The lowest BCUT2D eigenvalue weighted by molar-refractivity contribution is 0.0575.